The van der Waals surface area contributed by atoms with Crippen LogP contribution in [0.5, 0.6) is 0 Å². The molecule has 1 aromatic heterocycles. The Hall–Kier alpha value is -3.73. The van der Waals surface area contributed by atoms with Gasteiger partial charge in [0.15, 0.2) is 11.5 Å². The fourth-order valence-corrected chi connectivity index (χ4v) is 3.11. The fourth-order valence-electron chi connectivity index (χ4n) is 3.11. The summed E-state index contributed by atoms with van der Waals surface area (Å²) in [5.41, 5.74) is 13.7. The van der Waals surface area contributed by atoms with Gasteiger partial charge in [-0.05, 0) is 36.8 Å². The van der Waals surface area contributed by atoms with Gasteiger partial charge in [0.1, 0.15) is 0 Å². The van der Waals surface area contributed by atoms with Gasteiger partial charge in [-0.15, -0.1) is 0 Å². The normalized spacial score (nSPS) is 13.2. The van der Waals surface area contributed by atoms with E-state index in [1.54, 1.807) is 6.20 Å². The number of rotatable bonds is 5. The first-order valence-electron chi connectivity index (χ1n) is 9.27. The predicted molar refractivity (Wildman–Crippen MR) is 113 cm³/mol. The summed E-state index contributed by atoms with van der Waals surface area (Å²) in [5.74, 6) is 1.09. The number of aliphatic imine (C=N–C) groups is 1. The molecule has 0 spiro atoms. The summed E-state index contributed by atoms with van der Waals surface area (Å²) in [6, 6.07) is 17.4. The Labute approximate surface area is 168 Å². The minimum atomic E-state index is 0.0549. The molecular weight excluding hydrogens is 364 g/mol. The van der Waals surface area contributed by atoms with E-state index in [1.165, 1.54) is 0 Å². The molecule has 6 nitrogen and oxygen atoms in total. The van der Waals surface area contributed by atoms with Crippen LogP contribution < -0.4 is 5.73 Å². The van der Waals surface area contributed by atoms with Gasteiger partial charge in [-0.1, -0.05) is 42.5 Å². The minimum absolute atomic E-state index is 0.0549. The van der Waals surface area contributed by atoms with Crippen LogP contribution in [0.4, 0.5) is 5.82 Å². The van der Waals surface area contributed by atoms with Crippen molar-refractivity contribution in [3.8, 4) is 11.3 Å². The van der Waals surface area contributed by atoms with Crippen molar-refractivity contribution < 1.29 is 9.84 Å². The molecule has 6 heteroatoms. The smallest absolute Gasteiger partial charge is 0.228 e. The Morgan fingerprint density at radius 3 is 2.62 bits per heavy atom. The SMILES string of the molecule is CC1=C=C(c2nc(-c3ccccc3CCO)cnc2N)OC(c2ccccc2)=N1. The van der Waals surface area contributed by atoms with Gasteiger partial charge in [-0.3, -0.25) is 0 Å². The molecule has 4 rings (SSSR count). The van der Waals surface area contributed by atoms with E-state index in [2.05, 4.69) is 15.7 Å². The summed E-state index contributed by atoms with van der Waals surface area (Å²) in [7, 11) is 0. The standard InChI is InChI=1S/C23H20N4O2/c1-15-13-20(29-23(26-15)17-8-3-2-4-9-17)21-22(24)25-14-19(27-21)18-10-6-5-7-16(18)11-12-28/h2-10,14,28H,11-12H2,1H3,(H2,24,25). The monoisotopic (exact) mass is 384 g/mol. The number of nitrogens with zero attached hydrogens (tertiary/aromatic N) is 3. The molecular formula is C23H20N4O2. The summed E-state index contributed by atoms with van der Waals surface area (Å²) >= 11 is 0. The molecule has 3 N–H and O–H groups in total. The van der Waals surface area contributed by atoms with Gasteiger partial charge in [0.05, 0.1) is 17.6 Å². The van der Waals surface area contributed by atoms with Crippen molar-refractivity contribution in [3.63, 3.8) is 0 Å². The van der Waals surface area contributed by atoms with E-state index in [0.717, 1.165) is 16.7 Å². The fraction of sp³-hybridized carbons (Fsp3) is 0.130. The van der Waals surface area contributed by atoms with Crippen LogP contribution in [0.25, 0.3) is 17.0 Å². The molecule has 144 valence electrons. The number of hydrogen-bond acceptors (Lipinski definition) is 6. The van der Waals surface area contributed by atoms with Gasteiger partial charge in [0.2, 0.25) is 11.7 Å². The second kappa shape index (κ2) is 8.10. The number of hydrogen-bond donors (Lipinski definition) is 2. The summed E-state index contributed by atoms with van der Waals surface area (Å²) in [6.45, 7) is 1.90. The third-order valence-electron chi connectivity index (χ3n) is 4.47. The van der Waals surface area contributed by atoms with Crippen molar-refractivity contribution >= 4 is 17.5 Å². The molecule has 29 heavy (non-hydrogen) atoms. The maximum atomic E-state index is 9.35. The number of aromatic nitrogens is 2. The van der Waals surface area contributed by atoms with Crippen LogP contribution in [0.1, 0.15) is 23.7 Å². The lowest BCUT2D eigenvalue weighted by Crippen LogP contribution is -2.12. The van der Waals surface area contributed by atoms with Crippen molar-refractivity contribution in [2.24, 2.45) is 4.99 Å². The van der Waals surface area contributed by atoms with E-state index in [9.17, 15) is 5.11 Å². The van der Waals surface area contributed by atoms with Crippen LogP contribution in [-0.4, -0.2) is 27.6 Å². The van der Waals surface area contributed by atoms with Gasteiger partial charge in [-0.2, -0.15) is 0 Å². The van der Waals surface area contributed by atoms with Crippen LogP contribution in [0.3, 0.4) is 0 Å². The Balaban J connectivity index is 1.75. The van der Waals surface area contributed by atoms with Gasteiger partial charge in [0, 0.05) is 17.7 Å². The highest BCUT2D eigenvalue weighted by Crippen LogP contribution is 2.28. The second-order valence-corrected chi connectivity index (χ2v) is 6.54. The van der Waals surface area contributed by atoms with Crippen LogP contribution >= 0.6 is 0 Å². The molecule has 0 saturated heterocycles. The number of nitrogens with two attached hydrogens (primary N) is 1. The number of aliphatic hydroxyl groups excluding tert-OH is 1. The Bertz CT molecular complexity index is 1150. The van der Waals surface area contributed by atoms with Crippen molar-refractivity contribution in [2.45, 2.75) is 13.3 Å². The molecule has 1 aliphatic rings. The average Bonchev–Trinajstić information content (AvgIpc) is 2.75. The van der Waals surface area contributed by atoms with Crippen molar-refractivity contribution in [1.29, 1.82) is 0 Å². The topological polar surface area (TPSA) is 93.6 Å². The zero-order valence-corrected chi connectivity index (χ0v) is 16.0. The lowest BCUT2D eigenvalue weighted by molar-refractivity contribution is 0.300. The lowest BCUT2D eigenvalue weighted by Gasteiger charge is -2.16. The first kappa shape index (κ1) is 18.6. The minimum Gasteiger partial charge on any atom is -0.428 e. The van der Waals surface area contributed by atoms with Gasteiger partial charge >= 0.3 is 0 Å². The van der Waals surface area contributed by atoms with Crippen molar-refractivity contribution in [1.82, 2.24) is 9.97 Å². The molecule has 1 aliphatic heterocycles. The molecule has 0 bridgehead atoms. The average molecular weight is 384 g/mol. The number of aliphatic hydroxyl groups is 1. The molecule has 0 aliphatic carbocycles. The summed E-state index contributed by atoms with van der Waals surface area (Å²) in [5, 5.41) is 9.35. The quantitative estimate of drug-likeness (QED) is 0.656. The van der Waals surface area contributed by atoms with Gasteiger partial charge in [0.25, 0.3) is 0 Å². The predicted octanol–water partition coefficient (Wildman–Crippen LogP) is 3.58. The first-order valence-corrected chi connectivity index (χ1v) is 9.27. The Kier molecular flexibility index (Phi) is 5.20. The number of anilines is 1. The molecule has 0 saturated carbocycles. The van der Waals surface area contributed by atoms with E-state index in [-0.39, 0.29) is 12.4 Å². The molecule has 2 heterocycles. The third-order valence-corrected chi connectivity index (χ3v) is 4.47. The number of benzene rings is 2. The first-order chi connectivity index (χ1) is 14.2. The molecule has 3 aromatic rings. The lowest BCUT2D eigenvalue weighted by atomic mass is 10.0. The summed E-state index contributed by atoms with van der Waals surface area (Å²) in [6.07, 6.45) is 2.15. The number of nitrogen functional groups attached to an aromatic ring is 1. The second-order valence-electron chi connectivity index (χ2n) is 6.54. The van der Waals surface area contributed by atoms with Crippen molar-refractivity contribution in [3.05, 3.63) is 89.0 Å². The molecule has 0 fully saturated rings. The van der Waals surface area contributed by atoms with Crippen LogP contribution in [0, 0.1) is 0 Å². The van der Waals surface area contributed by atoms with E-state index >= 15 is 0 Å². The molecule has 0 radical (unpaired) electrons. The molecule has 2 aromatic carbocycles. The summed E-state index contributed by atoms with van der Waals surface area (Å²) in [4.78, 5) is 13.5. The maximum absolute atomic E-state index is 9.35. The maximum Gasteiger partial charge on any atom is 0.228 e. The Morgan fingerprint density at radius 2 is 1.83 bits per heavy atom. The number of ether oxygens (including phenoxy) is 1. The molecule has 0 amide bonds. The highest BCUT2D eigenvalue weighted by molar-refractivity contribution is 5.99. The van der Waals surface area contributed by atoms with Crippen LogP contribution in [0.2, 0.25) is 0 Å². The third kappa shape index (κ3) is 3.94. The van der Waals surface area contributed by atoms with E-state index in [4.69, 9.17) is 15.5 Å². The summed E-state index contributed by atoms with van der Waals surface area (Å²) < 4.78 is 5.99. The highest BCUT2D eigenvalue weighted by Gasteiger charge is 2.20. The van der Waals surface area contributed by atoms with Crippen molar-refractivity contribution in [2.75, 3.05) is 12.3 Å². The highest BCUT2D eigenvalue weighted by atomic mass is 16.5. The largest absolute Gasteiger partial charge is 0.428 e. The number of allylic oxidation sites excluding steroid dienone is 1. The zero-order chi connectivity index (χ0) is 20.2. The van der Waals surface area contributed by atoms with Gasteiger partial charge < -0.3 is 15.6 Å². The Morgan fingerprint density at radius 1 is 1.07 bits per heavy atom. The van der Waals surface area contributed by atoms with E-state index < -0.39 is 0 Å². The van der Waals surface area contributed by atoms with Crippen LogP contribution in [-0.2, 0) is 11.2 Å². The van der Waals surface area contributed by atoms with Gasteiger partial charge in [-0.25, -0.2) is 15.0 Å². The molecule has 0 atom stereocenters. The van der Waals surface area contributed by atoms with E-state index in [0.29, 0.717) is 35.2 Å². The van der Waals surface area contributed by atoms with E-state index in [1.807, 2.05) is 61.5 Å². The molecule has 0 unspecified atom stereocenters. The van der Waals surface area contributed by atoms with Crippen LogP contribution in [0.15, 0.2) is 77.2 Å². The zero-order valence-electron chi connectivity index (χ0n) is 16.0.